The summed E-state index contributed by atoms with van der Waals surface area (Å²) in [6.07, 6.45) is 9.65. The first kappa shape index (κ1) is 41.4. The number of hydrogen-bond acceptors (Lipinski definition) is 5. The number of nitrogens with zero attached hydrogens (tertiary/aromatic N) is 1. The number of carbonyl (C=O) groups excluding carboxylic acids is 1. The molecular formula is C46H56IrNO3S-. The zero-order chi connectivity index (χ0) is 37.3. The van der Waals surface area contributed by atoms with Gasteiger partial charge in [-0.25, -0.2) is 0 Å². The van der Waals surface area contributed by atoms with E-state index in [9.17, 15) is 9.90 Å². The number of ketones is 1. The Labute approximate surface area is 328 Å². The number of aliphatic hydroxyl groups excluding tert-OH is 1. The van der Waals surface area contributed by atoms with Crippen molar-refractivity contribution in [2.45, 2.75) is 114 Å². The summed E-state index contributed by atoms with van der Waals surface area (Å²) in [5.41, 5.74) is 5.08. The molecule has 0 bridgehead atoms. The third-order valence-corrected chi connectivity index (χ3v) is 12.5. The van der Waals surface area contributed by atoms with Crippen LogP contribution in [0.3, 0.4) is 0 Å². The Bertz CT molecular complexity index is 2210. The van der Waals surface area contributed by atoms with Crippen LogP contribution in [0.1, 0.15) is 113 Å². The van der Waals surface area contributed by atoms with Gasteiger partial charge in [0.15, 0.2) is 5.78 Å². The smallest absolute Gasteiger partial charge is 0.164 e. The average Bonchev–Trinajstić information content (AvgIpc) is 3.70. The number of aliphatic hydroxyl groups is 1. The van der Waals surface area contributed by atoms with Gasteiger partial charge < -0.3 is 9.52 Å². The number of benzene rings is 3. The fraction of sp³-hybridized carbons (Fsp3) is 0.435. The molecule has 1 radical (unpaired) electrons. The Morgan fingerprint density at radius 1 is 0.885 bits per heavy atom. The standard InChI is InChI=1S/C31H28NOS.C15H28O2.Ir/c1-18(2)14-21-17-33-26-11-10-23-24-12-13-32-28(30(24)34-29(23)27(21)26)20-15-19-8-6-7-9-22(19)25(16-20)31(3,4)5;1-7-14(5,8-2)12(16)11-13(17)15(6,9-3)10-4;/h6-13,16-18H,14H2,1-5H3;11,16H,7-10H2,1-6H3;/q-1;;/b;12-11-;. The molecule has 3 heterocycles. The van der Waals surface area contributed by atoms with E-state index in [2.05, 4.69) is 89.2 Å². The maximum atomic E-state index is 12.2. The molecule has 0 fully saturated rings. The van der Waals surface area contributed by atoms with E-state index in [0.717, 1.165) is 54.3 Å². The summed E-state index contributed by atoms with van der Waals surface area (Å²) < 4.78 is 8.47. The fourth-order valence-electron chi connectivity index (χ4n) is 6.79. The van der Waals surface area contributed by atoms with Crippen LogP contribution in [0.25, 0.3) is 53.2 Å². The number of pyridine rings is 1. The van der Waals surface area contributed by atoms with Gasteiger partial charge in [0.05, 0.1) is 6.26 Å². The molecule has 0 spiro atoms. The molecule has 0 amide bonds. The fourth-order valence-corrected chi connectivity index (χ4v) is 8.16. The van der Waals surface area contributed by atoms with Crippen molar-refractivity contribution in [3.8, 4) is 11.3 Å². The predicted octanol–water partition coefficient (Wildman–Crippen LogP) is 14.0. The summed E-state index contributed by atoms with van der Waals surface area (Å²) in [5, 5.41) is 16.3. The first-order chi connectivity index (χ1) is 24.1. The maximum Gasteiger partial charge on any atom is 0.164 e. The summed E-state index contributed by atoms with van der Waals surface area (Å²) >= 11 is 1.83. The van der Waals surface area contributed by atoms with Gasteiger partial charge in [0.1, 0.15) is 11.3 Å². The summed E-state index contributed by atoms with van der Waals surface area (Å²) in [7, 11) is 0. The van der Waals surface area contributed by atoms with Gasteiger partial charge in [-0.2, -0.15) is 0 Å². The topological polar surface area (TPSA) is 63.3 Å². The number of allylic oxidation sites excluding steroid dienone is 2. The number of aromatic nitrogens is 1. The van der Waals surface area contributed by atoms with Gasteiger partial charge in [0, 0.05) is 69.1 Å². The van der Waals surface area contributed by atoms with E-state index in [1.165, 1.54) is 48.1 Å². The van der Waals surface area contributed by atoms with Crippen LogP contribution in [-0.2, 0) is 36.7 Å². The van der Waals surface area contributed by atoms with Crippen LogP contribution >= 0.6 is 11.3 Å². The molecule has 3 aromatic carbocycles. The van der Waals surface area contributed by atoms with E-state index >= 15 is 0 Å². The average molecular weight is 895 g/mol. The molecule has 6 rings (SSSR count). The van der Waals surface area contributed by atoms with Crippen molar-refractivity contribution in [1.82, 2.24) is 4.98 Å². The SMILES string of the molecule is CC(C)Cc1coc2ccc3c4ccnc(-c5[c-]c6ccccc6c(C(C)(C)C)c5)c4sc3c12.CCC(C)(CC)C(=O)/C=C(\O)C(C)(CC)CC.[Ir]. The molecule has 52 heavy (non-hydrogen) atoms. The van der Waals surface area contributed by atoms with Crippen molar-refractivity contribution < 1.29 is 34.4 Å². The summed E-state index contributed by atoms with van der Waals surface area (Å²) in [6, 6.07) is 21.0. The van der Waals surface area contributed by atoms with Crippen LogP contribution < -0.4 is 0 Å². The van der Waals surface area contributed by atoms with Crippen molar-refractivity contribution in [3.05, 3.63) is 90.0 Å². The molecule has 0 saturated heterocycles. The minimum absolute atomic E-state index is 0. The number of fused-ring (bicyclic) bond motifs is 6. The van der Waals surface area contributed by atoms with E-state index in [0.29, 0.717) is 5.92 Å². The largest absolute Gasteiger partial charge is 0.512 e. The maximum absolute atomic E-state index is 12.2. The Kier molecular flexibility index (Phi) is 13.0. The third kappa shape index (κ3) is 8.10. The Balaban J connectivity index is 0.000000289. The van der Waals surface area contributed by atoms with Gasteiger partial charge in [-0.05, 0) is 72.6 Å². The number of thiophene rings is 1. The quantitative estimate of drug-likeness (QED) is 0.0845. The molecule has 0 aliphatic carbocycles. The predicted molar refractivity (Wildman–Crippen MR) is 219 cm³/mol. The molecule has 279 valence electrons. The van der Waals surface area contributed by atoms with E-state index in [4.69, 9.17) is 9.40 Å². The molecule has 0 saturated carbocycles. The van der Waals surface area contributed by atoms with Crippen molar-refractivity contribution in [2.24, 2.45) is 16.7 Å². The van der Waals surface area contributed by atoms with Crippen LogP contribution in [0.15, 0.2) is 77.2 Å². The zero-order valence-electron chi connectivity index (χ0n) is 32.9. The first-order valence-electron chi connectivity index (χ1n) is 18.7. The first-order valence-corrected chi connectivity index (χ1v) is 19.5. The van der Waals surface area contributed by atoms with Gasteiger partial charge >= 0.3 is 0 Å². The van der Waals surface area contributed by atoms with Crippen molar-refractivity contribution in [2.75, 3.05) is 0 Å². The molecule has 0 aliphatic rings. The van der Waals surface area contributed by atoms with Gasteiger partial charge in [-0.3, -0.25) is 9.78 Å². The van der Waals surface area contributed by atoms with Crippen LogP contribution in [0.2, 0.25) is 0 Å². The molecule has 0 aliphatic heterocycles. The number of furan rings is 1. The second-order valence-electron chi connectivity index (χ2n) is 16.1. The minimum atomic E-state index is -0.337. The summed E-state index contributed by atoms with van der Waals surface area (Å²) in [6.45, 7) is 23.4. The number of hydrogen-bond donors (Lipinski definition) is 1. The van der Waals surface area contributed by atoms with Gasteiger partial charge in [0.2, 0.25) is 0 Å². The van der Waals surface area contributed by atoms with Crippen LogP contribution in [0.4, 0.5) is 0 Å². The molecule has 1 N–H and O–H groups in total. The molecular weight excluding hydrogens is 839 g/mol. The third-order valence-electron chi connectivity index (χ3n) is 11.2. The van der Waals surface area contributed by atoms with Crippen LogP contribution in [0.5, 0.6) is 0 Å². The second-order valence-corrected chi connectivity index (χ2v) is 17.2. The normalized spacial score (nSPS) is 12.8. The van der Waals surface area contributed by atoms with Crippen molar-refractivity contribution in [3.63, 3.8) is 0 Å². The van der Waals surface area contributed by atoms with Crippen LogP contribution in [0, 0.1) is 22.8 Å². The van der Waals surface area contributed by atoms with E-state index in [-0.39, 0.29) is 47.9 Å². The molecule has 0 atom stereocenters. The van der Waals surface area contributed by atoms with Gasteiger partial charge in [-0.1, -0.05) is 105 Å². The van der Waals surface area contributed by atoms with Crippen molar-refractivity contribution >= 4 is 59.0 Å². The monoisotopic (exact) mass is 895 g/mol. The van der Waals surface area contributed by atoms with E-state index < -0.39 is 0 Å². The summed E-state index contributed by atoms with van der Waals surface area (Å²) in [4.78, 5) is 17.1. The molecule has 6 aromatic rings. The second kappa shape index (κ2) is 16.4. The number of rotatable bonds is 10. The Hall–Kier alpha value is -3.31. The number of carbonyl (C=O) groups is 1. The molecule has 6 heteroatoms. The molecule has 3 aromatic heterocycles. The molecule has 4 nitrogen and oxygen atoms in total. The summed E-state index contributed by atoms with van der Waals surface area (Å²) in [5.74, 6) is 0.861. The zero-order valence-corrected chi connectivity index (χ0v) is 36.1. The van der Waals surface area contributed by atoms with Gasteiger partial charge in [0.25, 0.3) is 0 Å². The Morgan fingerprint density at radius 2 is 1.52 bits per heavy atom. The minimum Gasteiger partial charge on any atom is -0.512 e. The van der Waals surface area contributed by atoms with Crippen molar-refractivity contribution in [1.29, 1.82) is 0 Å². The van der Waals surface area contributed by atoms with Gasteiger partial charge in [-0.15, -0.1) is 40.5 Å². The van der Waals surface area contributed by atoms with E-state index in [1.807, 2.05) is 65.3 Å². The van der Waals surface area contributed by atoms with Crippen LogP contribution in [-0.4, -0.2) is 15.9 Å². The van der Waals surface area contributed by atoms with E-state index in [1.54, 1.807) is 0 Å². The molecule has 0 unspecified atom stereocenters. The Morgan fingerprint density at radius 3 is 2.13 bits per heavy atom.